The SMILES string of the molecule is CCN(CC)S(=O)(=O)c1cc([N+](=O)[O-])ccc1NN=C(C)c1cccc(Br)c1. The van der Waals surface area contributed by atoms with Gasteiger partial charge in [-0.2, -0.15) is 9.41 Å². The summed E-state index contributed by atoms with van der Waals surface area (Å²) in [7, 11) is -3.92. The van der Waals surface area contributed by atoms with Crippen molar-refractivity contribution in [2.45, 2.75) is 25.7 Å². The molecule has 1 N–H and O–H groups in total. The smallest absolute Gasteiger partial charge is 0.270 e. The Morgan fingerprint density at radius 3 is 2.46 bits per heavy atom. The number of rotatable bonds is 8. The minimum atomic E-state index is -3.92. The van der Waals surface area contributed by atoms with Crippen LogP contribution in [0.1, 0.15) is 26.3 Å². The van der Waals surface area contributed by atoms with Crippen LogP contribution in [0.5, 0.6) is 0 Å². The summed E-state index contributed by atoms with van der Waals surface area (Å²) >= 11 is 3.39. The van der Waals surface area contributed by atoms with Crippen molar-refractivity contribution in [3.63, 3.8) is 0 Å². The number of hydrogen-bond donors (Lipinski definition) is 1. The number of hydrazone groups is 1. The predicted octanol–water partition coefficient (Wildman–Crippen LogP) is 4.22. The van der Waals surface area contributed by atoms with E-state index in [9.17, 15) is 18.5 Å². The maximum absolute atomic E-state index is 13.0. The van der Waals surface area contributed by atoms with Gasteiger partial charge >= 0.3 is 0 Å². The highest BCUT2D eigenvalue weighted by Gasteiger charge is 2.27. The van der Waals surface area contributed by atoms with E-state index >= 15 is 0 Å². The van der Waals surface area contributed by atoms with Crippen LogP contribution in [-0.2, 0) is 10.0 Å². The lowest BCUT2D eigenvalue weighted by Crippen LogP contribution is -2.31. The van der Waals surface area contributed by atoms with Crippen LogP contribution in [0.25, 0.3) is 0 Å². The third-order valence-electron chi connectivity index (χ3n) is 4.09. The lowest BCUT2D eigenvalue weighted by atomic mass is 10.1. The Morgan fingerprint density at radius 1 is 1.21 bits per heavy atom. The van der Waals surface area contributed by atoms with Gasteiger partial charge in [0.25, 0.3) is 5.69 Å². The molecular weight excluding hydrogens is 448 g/mol. The average Bonchev–Trinajstić information content (AvgIpc) is 2.66. The molecule has 0 fully saturated rings. The Hall–Kier alpha value is -2.30. The van der Waals surface area contributed by atoms with E-state index in [1.165, 1.54) is 16.4 Å². The van der Waals surface area contributed by atoms with Gasteiger partial charge in [-0.3, -0.25) is 15.5 Å². The molecule has 8 nitrogen and oxygen atoms in total. The maximum Gasteiger partial charge on any atom is 0.270 e. The van der Waals surface area contributed by atoms with Crippen LogP contribution in [0.15, 0.2) is 56.9 Å². The molecule has 0 radical (unpaired) electrons. The minimum Gasteiger partial charge on any atom is -0.277 e. The van der Waals surface area contributed by atoms with E-state index in [-0.39, 0.29) is 29.4 Å². The second-order valence-corrected chi connectivity index (χ2v) is 8.67. The molecule has 0 atom stereocenters. The molecular formula is C18H21BrN4O4S. The Kier molecular flexibility index (Phi) is 7.28. The van der Waals surface area contributed by atoms with Gasteiger partial charge in [0, 0.05) is 29.7 Å². The highest BCUT2D eigenvalue weighted by atomic mass is 79.9. The van der Waals surface area contributed by atoms with E-state index in [0.717, 1.165) is 16.1 Å². The Balaban J connectivity index is 2.49. The molecule has 10 heteroatoms. The number of non-ortho nitro benzene ring substituents is 1. The summed E-state index contributed by atoms with van der Waals surface area (Å²) in [6, 6.07) is 11.1. The summed E-state index contributed by atoms with van der Waals surface area (Å²) in [4.78, 5) is 10.3. The zero-order valence-corrected chi connectivity index (χ0v) is 18.1. The highest BCUT2D eigenvalue weighted by Crippen LogP contribution is 2.29. The molecule has 0 saturated heterocycles. The second-order valence-electron chi connectivity index (χ2n) is 5.85. The van der Waals surface area contributed by atoms with E-state index in [4.69, 9.17) is 0 Å². The lowest BCUT2D eigenvalue weighted by molar-refractivity contribution is -0.385. The van der Waals surface area contributed by atoms with Crippen molar-refractivity contribution >= 4 is 43.0 Å². The number of halogens is 1. The van der Waals surface area contributed by atoms with Crippen molar-refractivity contribution in [3.8, 4) is 0 Å². The van der Waals surface area contributed by atoms with Crippen molar-refractivity contribution in [1.82, 2.24) is 4.31 Å². The van der Waals surface area contributed by atoms with Gasteiger partial charge in [-0.1, -0.05) is 41.9 Å². The van der Waals surface area contributed by atoms with Crippen molar-refractivity contribution in [1.29, 1.82) is 0 Å². The maximum atomic E-state index is 13.0. The van der Waals surface area contributed by atoms with Crippen LogP contribution in [0, 0.1) is 10.1 Å². The summed E-state index contributed by atoms with van der Waals surface area (Å²) < 4.78 is 28.0. The van der Waals surface area contributed by atoms with Crippen LogP contribution < -0.4 is 5.43 Å². The molecule has 0 aromatic heterocycles. The van der Waals surface area contributed by atoms with Crippen molar-refractivity contribution in [3.05, 3.63) is 62.6 Å². The fraction of sp³-hybridized carbons (Fsp3) is 0.278. The fourth-order valence-corrected chi connectivity index (χ4v) is 4.57. The van der Waals surface area contributed by atoms with Gasteiger partial charge in [0.1, 0.15) is 4.90 Å². The summed E-state index contributed by atoms with van der Waals surface area (Å²) in [5, 5.41) is 15.4. The zero-order chi connectivity index (χ0) is 20.9. The van der Waals surface area contributed by atoms with Gasteiger partial charge in [0.15, 0.2) is 0 Å². The van der Waals surface area contributed by atoms with Crippen molar-refractivity contribution < 1.29 is 13.3 Å². The molecule has 0 unspecified atom stereocenters. The third-order valence-corrected chi connectivity index (χ3v) is 6.67. The van der Waals surface area contributed by atoms with Crippen LogP contribution in [0.4, 0.5) is 11.4 Å². The molecule has 28 heavy (non-hydrogen) atoms. The third kappa shape index (κ3) is 4.94. The second kappa shape index (κ2) is 9.26. The first-order chi connectivity index (χ1) is 13.2. The summed E-state index contributed by atoms with van der Waals surface area (Å²) in [6.45, 7) is 5.70. The molecule has 2 aromatic carbocycles. The number of benzene rings is 2. The van der Waals surface area contributed by atoms with Gasteiger partial charge in [0.2, 0.25) is 10.0 Å². The number of nitro groups is 1. The number of anilines is 1. The lowest BCUT2D eigenvalue weighted by Gasteiger charge is -2.20. The predicted molar refractivity (Wildman–Crippen MR) is 113 cm³/mol. The first kappa shape index (κ1) is 22.0. The molecule has 150 valence electrons. The molecule has 0 bridgehead atoms. The number of sulfonamides is 1. The first-order valence-electron chi connectivity index (χ1n) is 8.55. The standard InChI is InChI=1S/C18H21BrN4O4S/c1-4-22(5-2)28(26,27)18-12-16(23(24)25)9-10-17(18)21-20-13(3)14-7-6-8-15(19)11-14/h6-12,21H,4-5H2,1-3H3. The molecule has 0 amide bonds. The topological polar surface area (TPSA) is 105 Å². The Morgan fingerprint density at radius 2 is 1.89 bits per heavy atom. The van der Waals surface area contributed by atoms with E-state index < -0.39 is 14.9 Å². The number of nitrogens with one attached hydrogen (secondary N) is 1. The molecule has 0 heterocycles. The minimum absolute atomic E-state index is 0.173. The van der Waals surface area contributed by atoms with Gasteiger partial charge in [-0.05, 0) is 30.7 Å². The largest absolute Gasteiger partial charge is 0.277 e. The van der Waals surface area contributed by atoms with Crippen molar-refractivity contribution in [2.24, 2.45) is 5.10 Å². The van der Waals surface area contributed by atoms with Crippen LogP contribution >= 0.6 is 15.9 Å². The van der Waals surface area contributed by atoms with E-state index in [0.29, 0.717) is 5.71 Å². The van der Waals surface area contributed by atoms with Crippen LogP contribution in [0.2, 0.25) is 0 Å². The summed E-state index contributed by atoms with van der Waals surface area (Å²) in [6.07, 6.45) is 0. The van der Waals surface area contributed by atoms with Gasteiger partial charge in [-0.15, -0.1) is 0 Å². The Labute approximate surface area is 172 Å². The van der Waals surface area contributed by atoms with Gasteiger partial charge in [-0.25, -0.2) is 8.42 Å². The zero-order valence-electron chi connectivity index (χ0n) is 15.7. The molecule has 0 aliphatic rings. The molecule has 2 aromatic rings. The number of hydrogen-bond acceptors (Lipinski definition) is 6. The Bertz CT molecular complexity index is 1000. The van der Waals surface area contributed by atoms with E-state index in [2.05, 4.69) is 26.5 Å². The summed E-state index contributed by atoms with van der Waals surface area (Å²) in [5.74, 6) is 0. The van der Waals surface area contributed by atoms with Gasteiger partial charge in [0.05, 0.1) is 16.3 Å². The van der Waals surface area contributed by atoms with Crippen molar-refractivity contribution in [2.75, 3.05) is 18.5 Å². The highest BCUT2D eigenvalue weighted by molar-refractivity contribution is 9.10. The summed E-state index contributed by atoms with van der Waals surface area (Å²) in [5.41, 5.74) is 4.10. The van der Waals surface area contributed by atoms with E-state index in [1.54, 1.807) is 20.8 Å². The molecule has 0 aliphatic heterocycles. The molecule has 0 saturated carbocycles. The van der Waals surface area contributed by atoms with Crippen LogP contribution in [-0.4, -0.2) is 36.4 Å². The van der Waals surface area contributed by atoms with E-state index in [1.807, 2.05) is 24.3 Å². The van der Waals surface area contributed by atoms with Crippen LogP contribution in [0.3, 0.4) is 0 Å². The number of nitrogens with zero attached hydrogens (tertiary/aromatic N) is 3. The monoisotopic (exact) mass is 468 g/mol. The first-order valence-corrected chi connectivity index (χ1v) is 10.8. The average molecular weight is 469 g/mol. The quantitative estimate of drug-likeness (QED) is 0.354. The fourth-order valence-electron chi connectivity index (χ4n) is 2.56. The molecule has 0 spiro atoms. The molecule has 2 rings (SSSR count). The normalized spacial score (nSPS) is 12.2. The number of nitro benzene ring substituents is 1. The van der Waals surface area contributed by atoms with Gasteiger partial charge < -0.3 is 0 Å². The molecule has 0 aliphatic carbocycles.